The zero-order valence-corrected chi connectivity index (χ0v) is 16.1. The Labute approximate surface area is 165 Å². The number of nitrogens with zero attached hydrogens (tertiary/aromatic N) is 1. The number of aromatic nitrogens is 1. The topological polar surface area (TPSA) is 63.3 Å². The third-order valence-corrected chi connectivity index (χ3v) is 5.02. The lowest BCUT2D eigenvalue weighted by Crippen LogP contribution is -2.01. The van der Waals surface area contributed by atoms with E-state index in [9.17, 15) is 9.90 Å². The third-order valence-electron chi connectivity index (χ3n) is 4.52. The molecule has 136 valence electrons. The second-order valence-corrected chi connectivity index (χ2v) is 7.55. The molecule has 2 aromatic heterocycles. The molecule has 0 atom stereocenters. The number of carboxylic acid groups (broad SMARTS) is 1. The highest BCUT2D eigenvalue weighted by Crippen LogP contribution is 2.35. The van der Waals surface area contributed by atoms with Crippen molar-refractivity contribution in [1.29, 1.82) is 0 Å². The lowest BCUT2D eigenvalue weighted by atomic mass is 9.98. The van der Waals surface area contributed by atoms with E-state index in [1.807, 2.05) is 18.2 Å². The van der Waals surface area contributed by atoms with Gasteiger partial charge in [0.1, 0.15) is 5.69 Å². The SMILES string of the molecule is CC(C)c1ccc2nc(-c3cc4cc(Cl)cc(Cl)c4o3)cc(C(=O)O)c2c1. The monoisotopic (exact) mass is 399 g/mol. The van der Waals surface area contributed by atoms with E-state index in [4.69, 9.17) is 27.6 Å². The Morgan fingerprint density at radius 1 is 1.11 bits per heavy atom. The normalized spacial score (nSPS) is 11.6. The van der Waals surface area contributed by atoms with E-state index in [1.165, 1.54) is 6.07 Å². The molecule has 0 spiro atoms. The van der Waals surface area contributed by atoms with Gasteiger partial charge in [-0.25, -0.2) is 9.78 Å². The number of rotatable bonds is 3. The molecule has 1 N–H and O–H groups in total. The third kappa shape index (κ3) is 3.15. The number of fused-ring (bicyclic) bond motifs is 2. The van der Waals surface area contributed by atoms with Crippen LogP contribution in [-0.4, -0.2) is 16.1 Å². The highest BCUT2D eigenvalue weighted by molar-refractivity contribution is 6.38. The molecule has 2 heterocycles. The van der Waals surface area contributed by atoms with Gasteiger partial charge in [0.05, 0.1) is 16.1 Å². The summed E-state index contributed by atoms with van der Waals surface area (Å²) in [4.78, 5) is 16.5. The fraction of sp³-hybridized carbons (Fsp3) is 0.143. The first-order valence-corrected chi connectivity index (χ1v) is 9.16. The van der Waals surface area contributed by atoms with Crippen molar-refractivity contribution in [2.45, 2.75) is 19.8 Å². The number of benzene rings is 2. The van der Waals surface area contributed by atoms with Crippen LogP contribution in [0.3, 0.4) is 0 Å². The highest BCUT2D eigenvalue weighted by Gasteiger charge is 2.17. The molecular weight excluding hydrogens is 385 g/mol. The van der Waals surface area contributed by atoms with Crippen LogP contribution in [-0.2, 0) is 0 Å². The molecule has 27 heavy (non-hydrogen) atoms. The molecular formula is C21H15Cl2NO3. The predicted octanol–water partition coefficient (Wildman–Crippen LogP) is 6.78. The van der Waals surface area contributed by atoms with E-state index in [0.717, 1.165) is 10.9 Å². The number of carbonyl (C=O) groups is 1. The van der Waals surface area contributed by atoms with Crippen molar-refractivity contribution in [3.8, 4) is 11.5 Å². The van der Waals surface area contributed by atoms with Crippen LogP contribution in [0.25, 0.3) is 33.3 Å². The molecule has 6 heteroatoms. The van der Waals surface area contributed by atoms with Crippen LogP contribution in [0.4, 0.5) is 0 Å². The van der Waals surface area contributed by atoms with Crippen LogP contribution in [0, 0.1) is 0 Å². The maximum absolute atomic E-state index is 11.9. The maximum atomic E-state index is 11.9. The molecule has 0 aliphatic carbocycles. The molecule has 4 nitrogen and oxygen atoms in total. The maximum Gasteiger partial charge on any atom is 0.336 e. The fourth-order valence-corrected chi connectivity index (χ4v) is 3.66. The molecule has 0 aliphatic rings. The number of aromatic carboxylic acids is 1. The number of hydrogen-bond donors (Lipinski definition) is 1. The Hall–Kier alpha value is -2.56. The van der Waals surface area contributed by atoms with Crippen LogP contribution in [0.2, 0.25) is 10.0 Å². The van der Waals surface area contributed by atoms with Crippen LogP contribution < -0.4 is 0 Å². The summed E-state index contributed by atoms with van der Waals surface area (Å²) in [6, 6.07) is 12.3. The molecule has 4 aromatic rings. The first kappa shape index (κ1) is 17.8. The predicted molar refractivity (Wildman–Crippen MR) is 108 cm³/mol. The summed E-state index contributed by atoms with van der Waals surface area (Å²) >= 11 is 12.2. The van der Waals surface area contributed by atoms with E-state index >= 15 is 0 Å². The molecule has 0 radical (unpaired) electrons. The average Bonchev–Trinajstić information content (AvgIpc) is 3.04. The van der Waals surface area contributed by atoms with Gasteiger partial charge < -0.3 is 9.52 Å². The van der Waals surface area contributed by atoms with Crippen molar-refractivity contribution in [2.24, 2.45) is 0 Å². The van der Waals surface area contributed by atoms with E-state index < -0.39 is 5.97 Å². The van der Waals surface area contributed by atoms with Crippen molar-refractivity contribution in [3.05, 3.63) is 63.6 Å². The second kappa shape index (κ2) is 6.55. The van der Waals surface area contributed by atoms with Crippen LogP contribution in [0.5, 0.6) is 0 Å². The van der Waals surface area contributed by atoms with Crippen molar-refractivity contribution in [3.63, 3.8) is 0 Å². The van der Waals surface area contributed by atoms with Gasteiger partial charge in [0.25, 0.3) is 0 Å². The van der Waals surface area contributed by atoms with E-state index in [-0.39, 0.29) is 11.5 Å². The van der Waals surface area contributed by atoms with E-state index in [1.54, 1.807) is 18.2 Å². The van der Waals surface area contributed by atoms with E-state index in [2.05, 4.69) is 18.8 Å². The second-order valence-electron chi connectivity index (χ2n) is 6.71. The highest BCUT2D eigenvalue weighted by atomic mass is 35.5. The summed E-state index contributed by atoms with van der Waals surface area (Å²) in [7, 11) is 0. The Morgan fingerprint density at radius 2 is 1.89 bits per heavy atom. The van der Waals surface area contributed by atoms with Crippen LogP contribution in [0.15, 0.2) is 46.9 Å². The number of carboxylic acids is 1. The molecule has 4 rings (SSSR count). The van der Waals surface area contributed by atoms with Gasteiger partial charge in [-0.2, -0.15) is 0 Å². The summed E-state index contributed by atoms with van der Waals surface area (Å²) in [5.41, 5.74) is 2.76. The summed E-state index contributed by atoms with van der Waals surface area (Å²) in [5, 5.41) is 11.9. The van der Waals surface area contributed by atoms with Gasteiger partial charge in [-0.1, -0.05) is 43.1 Å². The molecule has 0 saturated heterocycles. The molecule has 0 aliphatic heterocycles. The average molecular weight is 400 g/mol. The van der Waals surface area contributed by atoms with Gasteiger partial charge in [0.2, 0.25) is 0 Å². The van der Waals surface area contributed by atoms with Gasteiger partial charge in [-0.15, -0.1) is 0 Å². The minimum Gasteiger partial charge on any atom is -0.478 e. The summed E-state index contributed by atoms with van der Waals surface area (Å²) < 4.78 is 5.84. The molecule has 0 fully saturated rings. The zero-order valence-electron chi connectivity index (χ0n) is 14.6. The number of pyridine rings is 1. The number of halogens is 2. The minimum atomic E-state index is -1.01. The Kier molecular flexibility index (Phi) is 4.33. The Balaban J connectivity index is 1.96. The molecule has 0 bridgehead atoms. The first-order chi connectivity index (χ1) is 12.8. The lowest BCUT2D eigenvalue weighted by molar-refractivity contribution is 0.0699. The largest absolute Gasteiger partial charge is 0.478 e. The first-order valence-electron chi connectivity index (χ1n) is 8.40. The van der Waals surface area contributed by atoms with E-state index in [0.29, 0.717) is 38.0 Å². The van der Waals surface area contributed by atoms with Crippen LogP contribution in [0.1, 0.15) is 35.7 Å². The minimum absolute atomic E-state index is 0.182. The van der Waals surface area contributed by atoms with Crippen molar-refractivity contribution < 1.29 is 14.3 Å². The van der Waals surface area contributed by atoms with Gasteiger partial charge in [-0.05, 0) is 47.9 Å². The summed E-state index contributed by atoms with van der Waals surface area (Å²) in [6.07, 6.45) is 0. The standard InChI is InChI=1S/C21H15Cl2NO3/c1-10(2)11-3-4-17-14(6-11)15(21(25)26)9-18(24-17)19-7-12-5-13(22)8-16(23)20(12)27-19/h3-10H,1-2H3,(H,25,26). The summed E-state index contributed by atoms with van der Waals surface area (Å²) in [6.45, 7) is 4.12. The Morgan fingerprint density at radius 3 is 2.59 bits per heavy atom. The molecule has 0 saturated carbocycles. The van der Waals surface area contributed by atoms with Gasteiger partial charge in [0, 0.05) is 15.8 Å². The lowest BCUT2D eigenvalue weighted by Gasteiger charge is -2.10. The smallest absolute Gasteiger partial charge is 0.336 e. The Bertz CT molecular complexity index is 1210. The quantitative estimate of drug-likeness (QED) is 0.412. The summed E-state index contributed by atoms with van der Waals surface area (Å²) in [5.74, 6) is -0.286. The molecule has 0 unspecified atom stereocenters. The van der Waals surface area contributed by atoms with Crippen molar-refractivity contribution in [2.75, 3.05) is 0 Å². The van der Waals surface area contributed by atoms with Crippen LogP contribution >= 0.6 is 23.2 Å². The van der Waals surface area contributed by atoms with Gasteiger partial charge in [-0.3, -0.25) is 0 Å². The molecule has 2 aromatic carbocycles. The van der Waals surface area contributed by atoms with Crippen molar-refractivity contribution >= 4 is 51.0 Å². The fourth-order valence-electron chi connectivity index (χ4n) is 3.11. The van der Waals surface area contributed by atoms with Crippen molar-refractivity contribution in [1.82, 2.24) is 4.98 Å². The zero-order chi connectivity index (χ0) is 19.3. The number of furan rings is 1. The van der Waals surface area contributed by atoms with Gasteiger partial charge >= 0.3 is 5.97 Å². The van der Waals surface area contributed by atoms with Gasteiger partial charge in [0.15, 0.2) is 11.3 Å². The number of hydrogen-bond acceptors (Lipinski definition) is 3. The molecule has 0 amide bonds.